The summed E-state index contributed by atoms with van der Waals surface area (Å²) < 4.78 is 13.0. The van der Waals surface area contributed by atoms with E-state index in [0.29, 0.717) is 0 Å². The molecule has 0 bridgehead atoms. The maximum Gasteiger partial charge on any atom is 0.418 e. The molecule has 1 heterocycles. The largest absolute Gasteiger partial charge is 0.546 e. The van der Waals surface area contributed by atoms with Crippen LogP contribution in [0.25, 0.3) is 0 Å². The second-order valence-corrected chi connectivity index (χ2v) is 9.63. The monoisotopic (exact) mass is 297 g/mol. The lowest BCUT2D eigenvalue weighted by Crippen LogP contribution is -2.30. The highest BCUT2D eigenvalue weighted by Gasteiger charge is 2.29. The van der Waals surface area contributed by atoms with Crippen LogP contribution in [0.3, 0.4) is 0 Å². The van der Waals surface area contributed by atoms with Gasteiger partial charge in [-0.3, -0.25) is 4.57 Å². The number of hydrogen-bond donors (Lipinski definition) is 0. The van der Waals surface area contributed by atoms with Gasteiger partial charge in [-0.25, -0.2) is 4.79 Å². The van der Waals surface area contributed by atoms with Gasteiger partial charge in [0.1, 0.15) is 11.4 Å². The number of hydrogen-bond acceptors (Lipinski definition) is 3. The average Bonchev–Trinajstić information content (AvgIpc) is 2.56. The minimum absolute atomic E-state index is 0.195. The fourth-order valence-electron chi connectivity index (χ4n) is 1.96. The predicted octanol–water partition coefficient (Wildman–Crippen LogP) is 3.93. The molecule has 0 N–H and O–H groups in total. The van der Waals surface area contributed by atoms with Crippen LogP contribution in [0.15, 0.2) is 12.3 Å². The van der Waals surface area contributed by atoms with Crippen LogP contribution in [0.2, 0.25) is 13.1 Å². The summed E-state index contributed by atoms with van der Waals surface area (Å²) in [5.74, 6) is 0.796. The molecule has 0 saturated carbocycles. The molecule has 0 amide bonds. The first-order chi connectivity index (χ1) is 8.92. The second kappa shape index (κ2) is 5.64. The molecule has 0 spiro atoms. The van der Waals surface area contributed by atoms with E-state index in [1.54, 1.807) is 10.8 Å². The van der Waals surface area contributed by atoms with Crippen molar-refractivity contribution in [3.05, 3.63) is 18.0 Å². The average molecular weight is 297 g/mol. The molecule has 0 radical (unpaired) electrons. The van der Waals surface area contributed by atoms with Crippen LogP contribution in [0, 0.1) is 0 Å². The minimum Gasteiger partial charge on any atom is -0.546 e. The molecular weight excluding hydrogens is 270 g/mol. The Bertz CT molecular complexity index is 478. The fraction of sp³-hybridized carbons (Fsp3) is 0.667. The smallest absolute Gasteiger partial charge is 0.418 e. The third-order valence-corrected chi connectivity index (χ3v) is 3.24. The highest BCUT2D eigenvalue weighted by molar-refractivity contribution is 6.49. The first-order valence-corrected chi connectivity index (χ1v) is 9.82. The molecule has 0 aromatic carbocycles. The van der Waals surface area contributed by atoms with Crippen LogP contribution >= 0.6 is 0 Å². The van der Waals surface area contributed by atoms with Crippen LogP contribution in [-0.4, -0.2) is 25.3 Å². The number of carbonyl (C=O) groups excluding carboxylic acids is 1. The summed E-state index contributed by atoms with van der Waals surface area (Å²) in [5, 5.41) is 0. The number of ether oxygens (including phenoxy) is 1. The fourth-order valence-corrected chi connectivity index (χ4v) is 2.66. The second-order valence-electron chi connectivity index (χ2n) is 7.30. The third kappa shape index (κ3) is 4.40. The van der Waals surface area contributed by atoms with Crippen molar-refractivity contribution in [2.45, 2.75) is 65.7 Å². The van der Waals surface area contributed by atoms with Gasteiger partial charge in [0, 0.05) is 11.6 Å². The lowest BCUT2D eigenvalue weighted by Gasteiger charge is -2.26. The van der Waals surface area contributed by atoms with E-state index < -0.39 is 14.6 Å². The van der Waals surface area contributed by atoms with Gasteiger partial charge in [-0.05, 0) is 39.9 Å². The minimum atomic E-state index is -1.22. The van der Waals surface area contributed by atoms with Gasteiger partial charge >= 0.3 is 6.09 Å². The summed E-state index contributed by atoms with van der Waals surface area (Å²) in [7, 11) is -1.22. The van der Waals surface area contributed by atoms with Crippen LogP contribution in [-0.2, 0) is 10.2 Å². The normalized spacial score (nSPS) is 12.7. The van der Waals surface area contributed by atoms with Crippen molar-refractivity contribution >= 4 is 15.1 Å². The van der Waals surface area contributed by atoms with Crippen molar-refractivity contribution < 1.29 is 14.0 Å². The number of aromatic nitrogens is 1. The lowest BCUT2D eigenvalue weighted by molar-refractivity contribution is 0.0527. The van der Waals surface area contributed by atoms with Gasteiger partial charge < -0.3 is 9.16 Å². The molecule has 0 saturated heterocycles. The Balaban J connectivity index is 3.21. The van der Waals surface area contributed by atoms with Crippen molar-refractivity contribution in [3.8, 4) is 5.75 Å². The van der Waals surface area contributed by atoms with E-state index >= 15 is 0 Å². The van der Waals surface area contributed by atoms with Gasteiger partial charge in [-0.2, -0.15) is 0 Å². The van der Waals surface area contributed by atoms with Crippen molar-refractivity contribution in [1.82, 2.24) is 4.57 Å². The number of rotatable bonds is 2. The van der Waals surface area contributed by atoms with Crippen LogP contribution in [0.1, 0.15) is 47.2 Å². The molecular formula is C15H27NO3Si. The van der Waals surface area contributed by atoms with E-state index in [0.717, 1.165) is 11.4 Å². The molecule has 4 nitrogen and oxygen atoms in total. The van der Waals surface area contributed by atoms with E-state index in [9.17, 15) is 4.79 Å². The Kier molecular flexibility index (Phi) is 4.74. The Hall–Kier alpha value is -1.23. The van der Waals surface area contributed by atoms with Gasteiger partial charge in [-0.15, -0.1) is 0 Å². The van der Waals surface area contributed by atoms with Crippen molar-refractivity contribution in [2.75, 3.05) is 0 Å². The van der Waals surface area contributed by atoms with E-state index in [2.05, 4.69) is 33.9 Å². The standard InChI is InChI=1S/C15H27NO3Si/c1-14(2,3)12-11(19-20(7)8)9-10-16(12)13(17)18-15(4,5)6/h9-10,20H,1-8H3. The quantitative estimate of drug-likeness (QED) is 0.777. The van der Waals surface area contributed by atoms with E-state index in [-0.39, 0.29) is 11.5 Å². The van der Waals surface area contributed by atoms with E-state index in [1.807, 2.05) is 26.8 Å². The van der Waals surface area contributed by atoms with Gasteiger partial charge in [0.25, 0.3) is 0 Å². The van der Waals surface area contributed by atoms with E-state index in [1.165, 1.54) is 0 Å². The molecule has 0 fully saturated rings. The van der Waals surface area contributed by atoms with Crippen molar-refractivity contribution in [3.63, 3.8) is 0 Å². The summed E-state index contributed by atoms with van der Waals surface area (Å²) in [6, 6.07) is 1.86. The SMILES string of the molecule is C[SiH](C)Oc1ccn(C(=O)OC(C)(C)C)c1C(C)(C)C. The molecule has 0 aliphatic heterocycles. The summed E-state index contributed by atoms with van der Waals surface area (Å²) >= 11 is 0. The zero-order valence-corrected chi connectivity index (χ0v) is 15.1. The van der Waals surface area contributed by atoms with Crippen molar-refractivity contribution in [1.29, 1.82) is 0 Å². The number of carbonyl (C=O) groups is 1. The van der Waals surface area contributed by atoms with E-state index in [4.69, 9.17) is 9.16 Å². The number of nitrogens with zero attached hydrogens (tertiary/aromatic N) is 1. The molecule has 1 aromatic heterocycles. The molecule has 1 rings (SSSR count). The topological polar surface area (TPSA) is 40.5 Å². The Morgan fingerprint density at radius 2 is 1.70 bits per heavy atom. The molecule has 0 unspecified atom stereocenters. The van der Waals surface area contributed by atoms with Gasteiger partial charge in [0.2, 0.25) is 9.04 Å². The molecule has 1 aromatic rings. The Morgan fingerprint density at radius 3 is 2.10 bits per heavy atom. The first kappa shape index (κ1) is 16.8. The van der Waals surface area contributed by atoms with Gasteiger partial charge in [0.15, 0.2) is 0 Å². The molecule has 20 heavy (non-hydrogen) atoms. The van der Waals surface area contributed by atoms with Crippen molar-refractivity contribution in [2.24, 2.45) is 0 Å². The molecule has 114 valence electrons. The summed E-state index contributed by atoms with van der Waals surface area (Å²) in [6.45, 7) is 16.0. The third-order valence-electron chi connectivity index (χ3n) is 2.51. The van der Waals surface area contributed by atoms with Crippen LogP contribution < -0.4 is 4.43 Å². The molecule has 0 aliphatic rings. The highest BCUT2D eigenvalue weighted by atomic mass is 28.3. The zero-order valence-electron chi connectivity index (χ0n) is 13.9. The maximum absolute atomic E-state index is 12.3. The van der Waals surface area contributed by atoms with Gasteiger partial charge in [0.05, 0.1) is 5.69 Å². The lowest BCUT2D eigenvalue weighted by atomic mass is 9.91. The highest BCUT2D eigenvalue weighted by Crippen LogP contribution is 2.33. The zero-order chi connectivity index (χ0) is 15.7. The summed E-state index contributed by atoms with van der Waals surface area (Å²) in [4.78, 5) is 12.3. The first-order valence-electron chi connectivity index (χ1n) is 7.03. The van der Waals surface area contributed by atoms with Crippen LogP contribution in [0.5, 0.6) is 5.75 Å². The van der Waals surface area contributed by atoms with Crippen LogP contribution in [0.4, 0.5) is 4.79 Å². The maximum atomic E-state index is 12.3. The Labute approximate surface area is 123 Å². The molecule has 0 atom stereocenters. The summed E-state index contributed by atoms with van der Waals surface area (Å²) in [5.41, 5.74) is 0.163. The van der Waals surface area contributed by atoms with Gasteiger partial charge in [-0.1, -0.05) is 20.8 Å². The predicted molar refractivity (Wildman–Crippen MR) is 84.3 cm³/mol. The molecule has 5 heteroatoms. The Morgan fingerprint density at radius 1 is 1.15 bits per heavy atom. The summed E-state index contributed by atoms with van der Waals surface area (Å²) in [6.07, 6.45) is 1.38. The molecule has 0 aliphatic carbocycles.